The van der Waals surface area contributed by atoms with E-state index in [0.29, 0.717) is 12.1 Å². The average Bonchev–Trinajstić information content (AvgIpc) is 2.35. The number of rotatable bonds is 5. The Labute approximate surface area is 120 Å². The summed E-state index contributed by atoms with van der Waals surface area (Å²) in [6.45, 7) is 4.67. The van der Waals surface area contributed by atoms with Crippen LogP contribution in [0.1, 0.15) is 27.2 Å². The number of hydrogen-bond donors (Lipinski definition) is 2. The fourth-order valence-corrected chi connectivity index (χ4v) is 1.67. The van der Waals surface area contributed by atoms with Crippen LogP contribution < -0.4 is 5.32 Å². The summed E-state index contributed by atoms with van der Waals surface area (Å²) in [4.78, 5) is 23.1. The summed E-state index contributed by atoms with van der Waals surface area (Å²) in [6.07, 6.45) is -0.418. The second-order valence-electron chi connectivity index (χ2n) is 5.35. The van der Waals surface area contributed by atoms with Crippen LogP contribution in [0.2, 0.25) is 0 Å². The molecular formula is C14H16F3NO3. The van der Waals surface area contributed by atoms with Crippen LogP contribution in [-0.4, -0.2) is 17.0 Å². The Morgan fingerprint density at radius 3 is 2.19 bits per heavy atom. The molecule has 0 radical (unpaired) electrons. The molecule has 1 atom stereocenters. The molecule has 0 aliphatic heterocycles. The molecule has 0 saturated carbocycles. The highest BCUT2D eigenvalue weighted by Crippen LogP contribution is 2.32. The molecule has 0 aromatic heterocycles. The van der Waals surface area contributed by atoms with E-state index >= 15 is 0 Å². The van der Waals surface area contributed by atoms with Gasteiger partial charge in [-0.15, -0.1) is 0 Å². The summed E-state index contributed by atoms with van der Waals surface area (Å²) in [5.74, 6) is -6.13. The fraction of sp³-hybridized carbons (Fsp3) is 0.429. The van der Waals surface area contributed by atoms with Gasteiger partial charge < -0.3 is 10.4 Å². The van der Waals surface area contributed by atoms with Crippen LogP contribution in [0.3, 0.4) is 0 Å². The summed E-state index contributed by atoms with van der Waals surface area (Å²) < 4.78 is 39.2. The molecule has 1 aromatic rings. The maximum Gasteiger partial charge on any atom is 0.310 e. The van der Waals surface area contributed by atoms with Crippen molar-refractivity contribution in [2.75, 3.05) is 5.32 Å². The fourth-order valence-electron chi connectivity index (χ4n) is 1.67. The van der Waals surface area contributed by atoms with Gasteiger partial charge in [0.05, 0.1) is 11.1 Å². The van der Waals surface area contributed by atoms with E-state index in [1.165, 1.54) is 6.92 Å². The highest BCUT2D eigenvalue weighted by molar-refractivity contribution is 5.94. The molecule has 0 bridgehead atoms. The monoisotopic (exact) mass is 303 g/mol. The number of carbonyl (C=O) groups is 2. The van der Waals surface area contributed by atoms with Crippen molar-refractivity contribution in [3.8, 4) is 0 Å². The molecule has 0 fully saturated rings. The van der Waals surface area contributed by atoms with Gasteiger partial charge in [-0.3, -0.25) is 9.59 Å². The Morgan fingerprint density at radius 1 is 1.19 bits per heavy atom. The van der Waals surface area contributed by atoms with Crippen molar-refractivity contribution >= 4 is 17.6 Å². The van der Waals surface area contributed by atoms with Crippen molar-refractivity contribution in [2.45, 2.75) is 27.2 Å². The number of aliphatic carboxylic acids is 1. The zero-order chi connectivity index (χ0) is 16.4. The molecule has 1 rings (SSSR count). The molecule has 0 aliphatic rings. The van der Waals surface area contributed by atoms with Crippen molar-refractivity contribution < 1.29 is 27.9 Å². The maximum absolute atomic E-state index is 13.4. The Balaban J connectivity index is 2.92. The molecule has 116 valence electrons. The average molecular weight is 303 g/mol. The van der Waals surface area contributed by atoms with Gasteiger partial charge in [-0.25, -0.2) is 13.2 Å². The highest BCUT2D eigenvalue weighted by Gasteiger charge is 2.38. The van der Waals surface area contributed by atoms with Crippen molar-refractivity contribution in [3.63, 3.8) is 0 Å². The number of amides is 1. The molecule has 1 unspecified atom stereocenters. The lowest BCUT2D eigenvalue weighted by Crippen LogP contribution is -2.37. The minimum absolute atomic E-state index is 0.309. The summed E-state index contributed by atoms with van der Waals surface area (Å²) in [6, 6.07) is 0.819. The first-order chi connectivity index (χ1) is 9.57. The molecular weight excluding hydrogens is 287 g/mol. The highest BCUT2D eigenvalue weighted by atomic mass is 19.2. The summed E-state index contributed by atoms with van der Waals surface area (Å²) in [5.41, 5.74) is -1.88. The summed E-state index contributed by atoms with van der Waals surface area (Å²) in [7, 11) is 0. The molecule has 21 heavy (non-hydrogen) atoms. The molecule has 1 aromatic carbocycles. The van der Waals surface area contributed by atoms with Gasteiger partial charge >= 0.3 is 5.97 Å². The minimum atomic E-state index is -1.37. The van der Waals surface area contributed by atoms with Crippen LogP contribution in [0.5, 0.6) is 0 Å². The maximum atomic E-state index is 13.4. The molecule has 0 heterocycles. The first-order valence-electron chi connectivity index (χ1n) is 6.25. The van der Waals surface area contributed by atoms with Gasteiger partial charge in [-0.1, -0.05) is 13.8 Å². The smallest absolute Gasteiger partial charge is 0.310 e. The molecule has 1 amide bonds. The van der Waals surface area contributed by atoms with Crippen LogP contribution in [0.4, 0.5) is 18.9 Å². The molecule has 0 spiro atoms. The second-order valence-corrected chi connectivity index (χ2v) is 5.35. The third-order valence-corrected chi connectivity index (χ3v) is 3.57. The number of anilines is 1. The predicted molar refractivity (Wildman–Crippen MR) is 70.1 cm³/mol. The number of benzene rings is 1. The normalized spacial score (nSPS) is 13.9. The van der Waals surface area contributed by atoms with E-state index in [1.54, 1.807) is 13.8 Å². The lowest BCUT2D eigenvalue weighted by molar-refractivity contribution is -0.153. The third kappa shape index (κ3) is 3.74. The Kier molecular flexibility index (Phi) is 4.98. The number of halogens is 3. The lowest BCUT2D eigenvalue weighted by atomic mass is 9.76. The van der Waals surface area contributed by atoms with Gasteiger partial charge in [0.15, 0.2) is 11.6 Å². The van der Waals surface area contributed by atoms with Gasteiger partial charge in [0.25, 0.3) is 0 Å². The van der Waals surface area contributed by atoms with Crippen LogP contribution in [0.25, 0.3) is 0 Å². The van der Waals surface area contributed by atoms with Crippen LogP contribution >= 0.6 is 0 Å². The van der Waals surface area contributed by atoms with Gasteiger partial charge in [0.2, 0.25) is 5.91 Å². The Hall–Kier alpha value is -2.05. The minimum Gasteiger partial charge on any atom is -0.481 e. The van der Waals surface area contributed by atoms with Crippen molar-refractivity contribution in [1.82, 2.24) is 0 Å². The van der Waals surface area contributed by atoms with E-state index in [2.05, 4.69) is 5.32 Å². The van der Waals surface area contributed by atoms with Crippen LogP contribution in [0.15, 0.2) is 12.1 Å². The summed E-state index contributed by atoms with van der Waals surface area (Å²) >= 11 is 0. The summed E-state index contributed by atoms with van der Waals surface area (Å²) in [5, 5.41) is 11.2. The van der Waals surface area contributed by atoms with Gasteiger partial charge in [-0.2, -0.15) is 0 Å². The van der Waals surface area contributed by atoms with E-state index in [1.807, 2.05) is 0 Å². The van der Waals surface area contributed by atoms with E-state index in [4.69, 9.17) is 0 Å². The predicted octanol–water partition coefficient (Wildman–Crippen LogP) is 3.18. The number of carboxylic acids is 1. The molecule has 0 saturated heterocycles. The van der Waals surface area contributed by atoms with Crippen LogP contribution in [-0.2, 0) is 9.59 Å². The quantitative estimate of drug-likeness (QED) is 0.821. The molecule has 4 nitrogen and oxygen atoms in total. The SMILES string of the molecule is CC(C)C(C)(CC(=O)Nc1cc(F)c(F)cc1F)C(=O)O. The lowest BCUT2D eigenvalue weighted by Gasteiger charge is -2.28. The van der Waals surface area contributed by atoms with E-state index in [-0.39, 0.29) is 5.92 Å². The van der Waals surface area contributed by atoms with Gasteiger partial charge in [0.1, 0.15) is 5.82 Å². The van der Waals surface area contributed by atoms with Crippen LogP contribution in [0, 0.1) is 28.8 Å². The van der Waals surface area contributed by atoms with Gasteiger partial charge in [-0.05, 0) is 12.8 Å². The van der Waals surface area contributed by atoms with Crippen molar-refractivity contribution in [3.05, 3.63) is 29.6 Å². The van der Waals surface area contributed by atoms with E-state index in [9.17, 15) is 27.9 Å². The zero-order valence-electron chi connectivity index (χ0n) is 11.8. The topological polar surface area (TPSA) is 66.4 Å². The molecule has 7 heteroatoms. The van der Waals surface area contributed by atoms with Crippen molar-refractivity contribution in [2.24, 2.45) is 11.3 Å². The Bertz CT molecular complexity index is 575. The Morgan fingerprint density at radius 2 is 1.71 bits per heavy atom. The third-order valence-electron chi connectivity index (χ3n) is 3.57. The first-order valence-corrected chi connectivity index (χ1v) is 6.25. The van der Waals surface area contributed by atoms with E-state index < -0.39 is 46.9 Å². The van der Waals surface area contributed by atoms with E-state index in [0.717, 1.165) is 0 Å². The number of carboxylic acid groups (broad SMARTS) is 1. The zero-order valence-corrected chi connectivity index (χ0v) is 11.8. The standard InChI is InChI=1S/C14H16F3NO3/c1-7(2)14(3,13(20)21)6-12(19)18-11-5-9(16)8(15)4-10(11)17/h4-5,7H,6H2,1-3H3,(H,18,19)(H,20,21). The second kappa shape index (κ2) is 6.15. The van der Waals surface area contributed by atoms with Gasteiger partial charge in [0, 0.05) is 18.6 Å². The number of carbonyl (C=O) groups excluding carboxylic acids is 1. The largest absolute Gasteiger partial charge is 0.481 e. The first kappa shape index (κ1) is 17.0. The molecule has 2 N–H and O–H groups in total. The molecule has 0 aliphatic carbocycles. The number of nitrogens with one attached hydrogen (secondary N) is 1. The van der Waals surface area contributed by atoms with Crippen molar-refractivity contribution in [1.29, 1.82) is 0 Å². The number of hydrogen-bond acceptors (Lipinski definition) is 2.